The number of hydrazone groups is 1. The van der Waals surface area contributed by atoms with Gasteiger partial charge in [-0.3, -0.25) is 5.01 Å². The average molecular weight is 250 g/mol. The third kappa shape index (κ3) is 1.16. The van der Waals surface area contributed by atoms with Crippen LogP contribution in [0.15, 0.2) is 5.10 Å². The highest BCUT2D eigenvalue weighted by molar-refractivity contribution is 14.1. The van der Waals surface area contributed by atoms with Gasteiger partial charge in [0.15, 0.2) is 10.4 Å². The van der Waals surface area contributed by atoms with Crippen LogP contribution in [-0.2, 0) is 0 Å². The van der Waals surface area contributed by atoms with Crippen molar-refractivity contribution in [3.63, 3.8) is 0 Å². The molecule has 0 fully saturated rings. The zero-order valence-electron chi connectivity index (χ0n) is 5.53. The molecule has 1 atom stereocenters. The van der Waals surface area contributed by atoms with Crippen molar-refractivity contribution in [2.24, 2.45) is 5.10 Å². The van der Waals surface area contributed by atoms with E-state index in [-0.39, 0.29) is 4.17 Å². The molecule has 1 rings (SSSR count). The molecule has 1 heterocycles. The Morgan fingerprint density at radius 2 is 2.60 bits per heavy atom. The topological polar surface area (TPSA) is 42.6 Å². The molecule has 0 saturated carbocycles. The first-order chi connectivity index (χ1) is 4.79. The lowest BCUT2D eigenvalue weighted by Gasteiger charge is -2.18. The van der Waals surface area contributed by atoms with Gasteiger partial charge >= 0.3 is 0 Å². The van der Waals surface area contributed by atoms with Crippen LogP contribution in [0.5, 0.6) is 0 Å². The number of halogens is 1. The maximum Gasteiger partial charge on any atom is 0.187 e. The van der Waals surface area contributed by atoms with Gasteiger partial charge in [-0.1, -0.05) is 0 Å². The molecule has 0 saturated heterocycles. The van der Waals surface area contributed by atoms with Gasteiger partial charge < -0.3 is 0 Å². The molecule has 0 radical (unpaired) electrons. The van der Waals surface area contributed by atoms with Gasteiger partial charge in [0.2, 0.25) is 0 Å². The summed E-state index contributed by atoms with van der Waals surface area (Å²) in [5.41, 5.74) is 0. The summed E-state index contributed by atoms with van der Waals surface area (Å²) in [5.74, 6) is 0. The van der Waals surface area contributed by atoms with Crippen LogP contribution in [-0.4, -0.2) is 27.0 Å². The minimum absolute atomic E-state index is 0.0626. The van der Waals surface area contributed by atoms with Crippen molar-refractivity contribution in [1.82, 2.24) is 9.91 Å². The fourth-order valence-electron chi connectivity index (χ4n) is 0.681. The largest absolute Gasteiger partial charge is 0.263 e. The number of nitriles is 1. The van der Waals surface area contributed by atoms with E-state index >= 15 is 0 Å². The Kier molecular flexibility index (Phi) is 2.32. The molecule has 0 bridgehead atoms. The minimum Gasteiger partial charge on any atom is -0.263 e. The number of alkyl halides is 1. The molecule has 0 spiro atoms. The van der Waals surface area contributed by atoms with Crippen molar-refractivity contribution in [2.45, 2.75) is 11.1 Å². The van der Waals surface area contributed by atoms with E-state index < -0.39 is 0 Å². The molecular formula is C5H7IN4. The molecule has 1 unspecified atom stereocenters. The molecule has 0 aromatic heterocycles. The molecule has 1 aliphatic rings. The summed E-state index contributed by atoms with van der Waals surface area (Å²) in [6.45, 7) is 2.84. The highest BCUT2D eigenvalue weighted by Crippen LogP contribution is 2.16. The molecular weight excluding hydrogens is 243 g/mol. The first kappa shape index (κ1) is 7.60. The van der Waals surface area contributed by atoms with Crippen LogP contribution in [0, 0.1) is 11.5 Å². The van der Waals surface area contributed by atoms with Crippen molar-refractivity contribution < 1.29 is 0 Å². The average Bonchev–Trinajstić information content (AvgIpc) is 2.30. The lowest BCUT2D eigenvalue weighted by atomic mass is 10.7. The van der Waals surface area contributed by atoms with Gasteiger partial charge in [-0.05, 0) is 29.5 Å². The Bertz CT molecular complexity index is 185. The molecule has 10 heavy (non-hydrogen) atoms. The molecule has 0 aromatic rings. The van der Waals surface area contributed by atoms with Crippen LogP contribution in [0.2, 0.25) is 0 Å². The molecule has 0 amide bonds. The lowest BCUT2D eigenvalue weighted by molar-refractivity contribution is 0.263. The predicted molar refractivity (Wildman–Crippen MR) is 46.1 cm³/mol. The van der Waals surface area contributed by atoms with Gasteiger partial charge in [0.25, 0.3) is 0 Å². The van der Waals surface area contributed by atoms with Crippen LogP contribution in [0.25, 0.3) is 0 Å². The Balaban J connectivity index is 2.60. The zero-order chi connectivity index (χ0) is 7.56. The molecule has 4 nitrogen and oxygen atoms in total. The summed E-state index contributed by atoms with van der Waals surface area (Å²) < 4.78 is 0.0626. The predicted octanol–water partition coefficient (Wildman–Crippen LogP) is 0.767. The van der Waals surface area contributed by atoms with E-state index in [1.807, 2.05) is 18.1 Å². The number of hydrogen-bond acceptors (Lipinski definition) is 4. The van der Waals surface area contributed by atoms with E-state index in [9.17, 15) is 0 Å². The molecule has 54 valence electrons. The van der Waals surface area contributed by atoms with Crippen molar-refractivity contribution in [2.75, 3.05) is 6.54 Å². The van der Waals surface area contributed by atoms with Crippen LogP contribution in [0.3, 0.4) is 0 Å². The van der Waals surface area contributed by atoms with Gasteiger partial charge in [-0.25, -0.2) is 4.90 Å². The maximum absolute atomic E-state index is 8.50. The molecule has 1 aliphatic heterocycles. The second-order valence-electron chi connectivity index (χ2n) is 1.80. The molecule has 5 heteroatoms. The smallest absolute Gasteiger partial charge is 0.187 e. The van der Waals surface area contributed by atoms with Crippen molar-refractivity contribution in [3.8, 4) is 6.19 Å². The number of hydrogen-bond donors (Lipinski definition) is 0. The SMILES string of the molecule is CCN1N=CN(C#N)C1I. The minimum atomic E-state index is 0.0626. The Morgan fingerprint density at radius 1 is 1.90 bits per heavy atom. The van der Waals surface area contributed by atoms with E-state index in [1.165, 1.54) is 4.90 Å². The summed E-state index contributed by atoms with van der Waals surface area (Å²) in [7, 11) is 0. The van der Waals surface area contributed by atoms with Crippen LogP contribution >= 0.6 is 22.6 Å². The molecule has 0 N–H and O–H groups in total. The van der Waals surface area contributed by atoms with Crippen LogP contribution in [0.1, 0.15) is 6.92 Å². The van der Waals surface area contributed by atoms with E-state index in [1.54, 1.807) is 6.34 Å². The van der Waals surface area contributed by atoms with E-state index in [2.05, 4.69) is 27.7 Å². The number of nitrogens with zero attached hydrogens (tertiary/aromatic N) is 4. The number of rotatable bonds is 1. The summed E-state index contributed by atoms with van der Waals surface area (Å²) in [4.78, 5) is 1.50. The van der Waals surface area contributed by atoms with E-state index in [0.717, 1.165) is 6.54 Å². The first-order valence-electron chi connectivity index (χ1n) is 2.92. The Hall–Kier alpha value is -0.510. The first-order valence-corrected chi connectivity index (χ1v) is 4.17. The normalized spacial score (nSPS) is 23.5. The fourth-order valence-corrected chi connectivity index (χ4v) is 1.49. The van der Waals surface area contributed by atoms with Gasteiger partial charge in [-0.15, -0.1) is 0 Å². The summed E-state index contributed by atoms with van der Waals surface area (Å²) in [6, 6.07) is 0. The Morgan fingerprint density at radius 3 is 2.90 bits per heavy atom. The van der Waals surface area contributed by atoms with E-state index in [0.29, 0.717) is 0 Å². The summed E-state index contributed by atoms with van der Waals surface area (Å²) >= 11 is 2.16. The second kappa shape index (κ2) is 3.05. The summed E-state index contributed by atoms with van der Waals surface area (Å²) in [5, 5.41) is 14.3. The molecule has 0 aromatic carbocycles. The monoisotopic (exact) mass is 250 g/mol. The van der Waals surface area contributed by atoms with Gasteiger partial charge in [0, 0.05) is 6.54 Å². The summed E-state index contributed by atoms with van der Waals surface area (Å²) in [6.07, 6.45) is 3.56. The fraction of sp³-hybridized carbons (Fsp3) is 0.600. The standard InChI is InChI=1S/C5H7IN4/c1-2-10-5(6)9(3-7)4-8-10/h4-5H,2H2,1H3. The van der Waals surface area contributed by atoms with Gasteiger partial charge in [-0.2, -0.15) is 10.4 Å². The third-order valence-electron chi connectivity index (χ3n) is 1.24. The highest BCUT2D eigenvalue weighted by atomic mass is 127. The van der Waals surface area contributed by atoms with Crippen molar-refractivity contribution in [1.29, 1.82) is 5.26 Å². The van der Waals surface area contributed by atoms with Gasteiger partial charge in [0.1, 0.15) is 6.34 Å². The van der Waals surface area contributed by atoms with Crippen molar-refractivity contribution in [3.05, 3.63) is 0 Å². The van der Waals surface area contributed by atoms with Gasteiger partial charge in [0.05, 0.1) is 0 Å². The van der Waals surface area contributed by atoms with E-state index in [4.69, 9.17) is 5.26 Å². The highest BCUT2D eigenvalue weighted by Gasteiger charge is 2.22. The second-order valence-corrected chi connectivity index (χ2v) is 2.92. The van der Waals surface area contributed by atoms with Crippen LogP contribution in [0.4, 0.5) is 0 Å². The lowest BCUT2D eigenvalue weighted by Crippen LogP contribution is -2.30. The van der Waals surface area contributed by atoms with Crippen molar-refractivity contribution >= 4 is 28.9 Å². The Labute approximate surface area is 73.2 Å². The maximum atomic E-state index is 8.50. The quantitative estimate of drug-likeness (QED) is 0.299. The molecule has 0 aliphatic carbocycles. The third-order valence-corrected chi connectivity index (χ3v) is 2.48. The zero-order valence-corrected chi connectivity index (χ0v) is 7.69. The van der Waals surface area contributed by atoms with Crippen LogP contribution < -0.4 is 0 Å².